The third-order valence-electron chi connectivity index (χ3n) is 12.1. The van der Waals surface area contributed by atoms with Gasteiger partial charge >= 0.3 is 68.9 Å². The van der Waals surface area contributed by atoms with Crippen LogP contribution in [-0.2, 0) is 0 Å². The van der Waals surface area contributed by atoms with Crippen molar-refractivity contribution in [1.29, 1.82) is 0 Å². The number of fused-ring (bicyclic) bond motifs is 19. The van der Waals surface area contributed by atoms with Gasteiger partial charge in [-0.25, -0.2) is 0 Å². The second-order valence-electron chi connectivity index (χ2n) is 15.6. The van der Waals surface area contributed by atoms with E-state index in [2.05, 4.69) is 170 Å². The van der Waals surface area contributed by atoms with E-state index >= 15 is 0 Å². The van der Waals surface area contributed by atoms with Crippen molar-refractivity contribution < 1.29 is 68.9 Å². The minimum absolute atomic E-state index is 0. The van der Waals surface area contributed by atoms with E-state index in [9.17, 15) is 0 Å². The molecule has 0 saturated heterocycles. The van der Waals surface area contributed by atoms with Crippen LogP contribution in [0.25, 0.3) is 136 Å². The number of benzene rings is 8. The second kappa shape index (κ2) is 14.5. The van der Waals surface area contributed by atoms with Crippen molar-refractivity contribution in [2.24, 2.45) is 0 Å². The summed E-state index contributed by atoms with van der Waals surface area (Å²) in [5.74, 6) is 0. The fourth-order valence-corrected chi connectivity index (χ4v) is 15.9. The van der Waals surface area contributed by atoms with E-state index in [4.69, 9.17) is 4.98 Å². The van der Waals surface area contributed by atoms with Crippen LogP contribution in [-0.4, -0.2) is 0 Å². The van der Waals surface area contributed by atoms with Crippen LogP contribution < -0.4 is 73.9 Å². The van der Waals surface area contributed by atoms with Crippen LogP contribution in [0.15, 0.2) is 146 Å². The number of aromatic nitrogens is 1. The molecule has 0 saturated carbocycles. The molecule has 0 aliphatic rings. The van der Waals surface area contributed by atoms with Crippen LogP contribution in [0.4, 0.5) is 0 Å². The van der Waals surface area contributed by atoms with Crippen LogP contribution in [0.2, 0.25) is 0 Å². The maximum absolute atomic E-state index is 5.28. The van der Waals surface area contributed by atoms with Gasteiger partial charge < -0.3 is 4.98 Å². The third kappa shape index (κ3) is 5.91. The molecule has 61 heavy (non-hydrogen) atoms. The average Bonchev–Trinajstić information content (AvgIpc) is 4.13. The fraction of sp³-hybridized carbons (Fsp3) is 0. The Labute approximate surface area is 428 Å². The average molecular weight is 984 g/mol. The molecule has 0 aliphatic carbocycles. The van der Waals surface area contributed by atoms with Crippen molar-refractivity contribution in [3.05, 3.63) is 168 Å². The Kier molecular flexibility index (Phi) is 8.90. The first-order chi connectivity index (χ1) is 29.7. The van der Waals surface area contributed by atoms with Gasteiger partial charge in [-0.2, -0.15) is 0 Å². The van der Waals surface area contributed by atoms with Gasteiger partial charge in [-0.1, -0.05) is 140 Å². The summed E-state index contributed by atoms with van der Waals surface area (Å²) in [5, 5.41) is 13.0. The van der Waals surface area contributed by atoms with E-state index in [1.807, 2.05) is 56.7 Å². The standard InChI is InChI=1S/C54H28NS5.Cs/c1-3-7-44-39(5-1)51-53(56-44)41-19-15-31(27-47(41)59-51)10-9-29-13-17-33-35-21-24-38-36(49(35)55-43(33)25-29)22-23-37-34-18-14-30(26-46(34)58-50(37)38)11-12-32-16-20-42-48(28-32)60-52-40-6-2-4-8-45(40)57-54(42)52;/h1-28H;/q-1;+1/b10-9+,12-11+;. The van der Waals surface area contributed by atoms with E-state index in [0.717, 1.165) is 16.6 Å². The SMILES string of the molecule is C(=C\c1ccc2c(c1)sc1c3ccccc3sc21)/c1ccc2c(c1)[n-]c1c2ccc2c1ccc1c3ccc(/C=C/c4ccc5c(c4)sc4c6ccccc6sc54)cc3sc12.[Cs+]. The molecule has 0 bridgehead atoms. The van der Waals surface area contributed by atoms with Gasteiger partial charge in [-0.15, -0.1) is 67.7 Å². The van der Waals surface area contributed by atoms with Gasteiger partial charge in [0.05, 0.1) is 18.8 Å². The Bertz CT molecular complexity index is 3930. The molecule has 0 N–H and O–H groups in total. The van der Waals surface area contributed by atoms with Gasteiger partial charge in [-0.3, -0.25) is 0 Å². The zero-order valence-corrected chi connectivity index (χ0v) is 43.0. The van der Waals surface area contributed by atoms with Crippen molar-refractivity contribution >= 4 is 193 Å². The van der Waals surface area contributed by atoms with Crippen LogP contribution in [0.5, 0.6) is 0 Å². The number of hydrogen-bond acceptors (Lipinski definition) is 5. The quantitative estimate of drug-likeness (QED) is 0.160. The minimum Gasteiger partial charge on any atom is -0.656 e. The molecule has 0 aliphatic heterocycles. The molecule has 1 nitrogen and oxygen atoms in total. The van der Waals surface area contributed by atoms with Gasteiger partial charge in [0.2, 0.25) is 0 Å². The topological polar surface area (TPSA) is 14.1 Å². The molecule has 8 aromatic carbocycles. The number of thiophene rings is 5. The summed E-state index contributed by atoms with van der Waals surface area (Å²) < 4.78 is 13.7. The molecule has 14 aromatic rings. The molecular weight excluding hydrogens is 956 g/mol. The molecule has 0 atom stereocenters. The smallest absolute Gasteiger partial charge is 0.656 e. The van der Waals surface area contributed by atoms with Gasteiger partial charge in [0.15, 0.2) is 0 Å². The molecule has 7 heteroatoms. The Morgan fingerprint density at radius 1 is 0.295 bits per heavy atom. The Hall–Kier alpha value is -4.07. The summed E-state index contributed by atoms with van der Waals surface area (Å²) in [4.78, 5) is 5.28. The molecule has 0 amide bonds. The van der Waals surface area contributed by atoms with Gasteiger partial charge in [0.1, 0.15) is 0 Å². The van der Waals surface area contributed by atoms with Crippen LogP contribution >= 0.6 is 56.7 Å². The Balaban J connectivity index is 0.00000381. The van der Waals surface area contributed by atoms with Gasteiger partial charge in [0, 0.05) is 60.5 Å². The molecule has 0 spiro atoms. The Morgan fingerprint density at radius 2 is 0.656 bits per heavy atom. The first-order valence-electron chi connectivity index (χ1n) is 20.0. The van der Waals surface area contributed by atoms with Crippen molar-refractivity contribution in [1.82, 2.24) is 4.98 Å². The summed E-state index contributed by atoms with van der Waals surface area (Å²) in [6.07, 6.45) is 8.97. The van der Waals surface area contributed by atoms with E-state index in [1.165, 1.54) is 118 Å². The summed E-state index contributed by atoms with van der Waals surface area (Å²) in [6, 6.07) is 54.1. The van der Waals surface area contributed by atoms with Crippen molar-refractivity contribution in [3.63, 3.8) is 0 Å². The van der Waals surface area contributed by atoms with Crippen LogP contribution in [0, 0.1) is 0 Å². The zero-order chi connectivity index (χ0) is 39.1. The minimum atomic E-state index is 0. The van der Waals surface area contributed by atoms with Gasteiger partial charge in [-0.05, 0) is 74.1 Å². The first kappa shape index (κ1) is 37.5. The summed E-state index contributed by atoms with van der Waals surface area (Å²) in [5.41, 5.74) is 6.94. The maximum atomic E-state index is 5.28. The third-order valence-corrected chi connectivity index (χ3v) is 18.4. The number of rotatable bonds is 4. The molecule has 6 heterocycles. The predicted octanol–water partition coefficient (Wildman–Crippen LogP) is 15.0. The van der Waals surface area contributed by atoms with E-state index < -0.39 is 0 Å². The van der Waals surface area contributed by atoms with E-state index in [0.29, 0.717) is 0 Å². The monoisotopic (exact) mass is 983 g/mol. The number of nitrogens with zero attached hydrogens (tertiary/aromatic N) is 1. The fourth-order valence-electron chi connectivity index (χ4n) is 9.21. The van der Waals surface area contributed by atoms with E-state index in [-0.39, 0.29) is 68.9 Å². The normalized spacial score (nSPS) is 12.7. The van der Waals surface area contributed by atoms with Gasteiger partial charge in [0.25, 0.3) is 0 Å². The van der Waals surface area contributed by atoms with Crippen molar-refractivity contribution in [2.75, 3.05) is 0 Å². The zero-order valence-electron chi connectivity index (χ0n) is 32.7. The maximum Gasteiger partial charge on any atom is 1.00 e. The number of hydrogen-bond donors (Lipinski definition) is 0. The first-order valence-corrected chi connectivity index (χ1v) is 24.1. The Morgan fingerprint density at radius 3 is 1.21 bits per heavy atom. The molecule has 14 rings (SSSR count). The molecule has 0 unspecified atom stereocenters. The largest absolute Gasteiger partial charge is 1.00 e. The second-order valence-corrected chi connectivity index (χ2v) is 20.9. The van der Waals surface area contributed by atoms with Crippen LogP contribution in [0.1, 0.15) is 22.3 Å². The molecule has 6 aromatic heterocycles. The summed E-state index contributed by atoms with van der Waals surface area (Å²) in [6.45, 7) is 0. The van der Waals surface area contributed by atoms with E-state index in [1.54, 1.807) is 0 Å². The molecular formula is C54H28CsNS5. The molecule has 0 radical (unpaired) electrons. The summed E-state index contributed by atoms with van der Waals surface area (Å²) >= 11 is 9.53. The van der Waals surface area contributed by atoms with Crippen molar-refractivity contribution in [2.45, 2.75) is 0 Å². The van der Waals surface area contributed by atoms with Crippen LogP contribution in [0.3, 0.4) is 0 Å². The molecule has 0 fully saturated rings. The van der Waals surface area contributed by atoms with Crippen molar-refractivity contribution in [3.8, 4) is 0 Å². The summed E-state index contributed by atoms with van der Waals surface area (Å²) in [7, 11) is 0. The molecule has 280 valence electrons. The predicted molar refractivity (Wildman–Crippen MR) is 272 cm³/mol.